The van der Waals surface area contributed by atoms with Crippen LogP contribution in [0.15, 0.2) is 42.9 Å². The van der Waals surface area contributed by atoms with E-state index in [1.807, 2.05) is 6.07 Å². The first-order valence-electron chi connectivity index (χ1n) is 17.2. The summed E-state index contributed by atoms with van der Waals surface area (Å²) in [5.41, 5.74) is 4.39. The number of hydrogen-bond donors (Lipinski definition) is 0. The lowest BCUT2D eigenvalue weighted by Gasteiger charge is -2.38. The van der Waals surface area contributed by atoms with Gasteiger partial charge < -0.3 is 18.6 Å². The number of piperazine rings is 1. The highest BCUT2D eigenvalue weighted by molar-refractivity contribution is 6.74. The van der Waals surface area contributed by atoms with E-state index < -0.39 is 26.5 Å². The number of nitrogens with zero attached hydrogens (tertiary/aromatic N) is 6. The molecule has 4 aromatic rings. The summed E-state index contributed by atoms with van der Waals surface area (Å²) < 4.78 is 29.7. The molecule has 3 aliphatic rings. The molecule has 2 saturated heterocycles. The van der Waals surface area contributed by atoms with Crippen LogP contribution in [0.1, 0.15) is 51.5 Å². The van der Waals surface area contributed by atoms with Crippen LogP contribution in [0, 0.1) is 0 Å². The van der Waals surface area contributed by atoms with Crippen molar-refractivity contribution in [3.63, 3.8) is 0 Å². The third-order valence-electron chi connectivity index (χ3n) is 10.9. The molecule has 0 N–H and O–H groups in total. The molecule has 0 amide bonds. The summed E-state index contributed by atoms with van der Waals surface area (Å²) in [6.07, 6.45) is 3.77. The molecule has 9 nitrogen and oxygen atoms in total. The minimum atomic E-state index is -1.81. The Hall–Kier alpha value is -2.96. The Labute approximate surface area is 298 Å². The lowest BCUT2D eigenvalue weighted by atomic mass is 10.0. The van der Waals surface area contributed by atoms with Crippen molar-refractivity contribution in [2.75, 3.05) is 37.7 Å². The maximum Gasteiger partial charge on any atom is 0.337 e. The van der Waals surface area contributed by atoms with Gasteiger partial charge >= 0.3 is 5.97 Å². The minimum Gasteiger partial charge on any atom is -0.464 e. The maximum atomic E-state index is 14.3. The van der Waals surface area contributed by atoms with Gasteiger partial charge in [-0.25, -0.2) is 14.2 Å². The second-order valence-corrected chi connectivity index (χ2v) is 20.7. The first-order valence-corrected chi connectivity index (χ1v) is 20.9. The van der Waals surface area contributed by atoms with Gasteiger partial charge in [0.15, 0.2) is 14.4 Å². The Morgan fingerprint density at radius 2 is 1.88 bits per heavy atom. The number of fused-ring (bicyclic) bond motifs is 3. The van der Waals surface area contributed by atoms with Gasteiger partial charge in [-0.15, -0.1) is 0 Å². The summed E-state index contributed by atoms with van der Waals surface area (Å²) in [6, 6.07) is 9.75. The van der Waals surface area contributed by atoms with Crippen LogP contribution in [0.2, 0.25) is 28.2 Å². The van der Waals surface area contributed by atoms with Crippen LogP contribution in [0.25, 0.3) is 22.0 Å². The molecule has 0 bridgehead atoms. The molecule has 2 aromatic carbocycles. The topological polar surface area (TPSA) is 77.7 Å². The molecule has 5 heterocycles. The molecular formula is C36H45Cl2FN6O3Si. The first kappa shape index (κ1) is 34.5. The molecule has 49 heavy (non-hydrogen) atoms. The second kappa shape index (κ2) is 13.0. The van der Waals surface area contributed by atoms with Crippen LogP contribution < -0.4 is 4.90 Å². The van der Waals surface area contributed by atoms with Gasteiger partial charge in [0, 0.05) is 67.2 Å². The molecule has 2 fully saturated rings. The van der Waals surface area contributed by atoms with Gasteiger partial charge in [-0.05, 0) is 55.2 Å². The van der Waals surface area contributed by atoms with E-state index in [0.717, 1.165) is 43.7 Å². The van der Waals surface area contributed by atoms with Gasteiger partial charge in [-0.3, -0.25) is 9.58 Å². The molecule has 2 aromatic heterocycles. The predicted molar refractivity (Wildman–Crippen MR) is 195 cm³/mol. The van der Waals surface area contributed by atoms with Gasteiger partial charge in [0.1, 0.15) is 11.7 Å². The van der Waals surface area contributed by atoms with E-state index in [4.69, 9.17) is 37.5 Å². The minimum absolute atomic E-state index is 0.177. The van der Waals surface area contributed by atoms with E-state index in [2.05, 4.69) is 72.9 Å². The van der Waals surface area contributed by atoms with Crippen molar-refractivity contribution < 1.29 is 18.3 Å². The highest BCUT2D eigenvalue weighted by Crippen LogP contribution is 2.41. The van der Waals surface area contributed by atoms with Crippen molar-refractivity contribution in [3.8, 4) is 11.1 Å². The lowest BCUT2D eigenvalue weighted by molar-refractivity contribution is -0.146. The molecule has 7 rings (SSSR count). The summed E-state index contributed by atoms with van der Waals surface area (Å²) in [6.45, 7) is 17.7. The van der Waals surface area contributed by atoms with E-state index >= 15 is 0 Å². The van der Waals surface area contributed by atoms with Gasteiger partial charge in [0.05, 0.1) is 41.3 Å². The molecule has 4 atom stereocenters. The number of carbonyl (C=O) groups is 1. The highest BCUT2D eigenvalue weighted by Gasteiger charge is 2.44. The lowest BCUT2D eigenvalue weighted by Crippen LogP contribution is -2.50. The summed E-state index contributed by atoms with van der Waals surface area (Å²) >= 11 is 13.9. The van der Waals surface area contributed by atoms with Crippen molar-refractivity contribution in [1.29, 1.82) is 0 Å². The second-order valence-electron chi connectivity index (χ2n) is 15.2. The normalized spacial score (nSPS) is 22.1. The zero-order valence-corrected chi connectivity index (χ0v) is 31.6. The predicted octanol–water partition coefficient (Wildman–Crippen LogP) is 7.54. The van der Waals surface area contributed by atoms with E-state index in [1.54, 1.807) is 24.0 Å². The molecule has 0 spiro atoms. The number of benzene rings is 2. The van der Waals surface area contributed by atoms with Gasteiger partial charge in [0.25, 0.3) is 0 Å². The van der Waals surface area contributed by atoms with E-state index in [9.17, 15) is 9.18 Å². The standard InChI is InChI=1S/C36H45Cl2FN6O3Si/c1-7-47-35(46)34(33-30-14-23(39)17-44(30)21-40-33)45-20-28-29(37)16-27(31(38)32(28)41-45)22-8-10-24(11-9-22)42-12-13-43-19-26(15-25(43)18-42)48-49(5,6)36(2,3)4/h8-11,16,20-21,23,25-26,34H,7,12-15,17-19H2,1-6H3/t23?,25-,26+,34?/m0/s1. The number of carbonyl (C=O) groups excluding carboxylic acids is 1. The highest BCUT2D eigenvalue weighted by atomic mass is 35.5. The number of hydrogen-bond acceptors (Lipinski definition) is 7. The third kappa shape index (κ3) is 6.41. The van der Waals surface area contributed by atoms with Crippen molar-refractivity contribution >= 4 is 54.1 Å². The Morgan fingerprint density at radius 3 is 2.59 bits per heavy atom. The van der Waals surface area contributed by atoms with Crippen LogP contribution in [0.4, 0.5) is 10.1 Å². The average molecular weight is 728 g/mol. The largest absolute Gasteiger partial charge is 0.464 e. The van der Waals surface area contributed by atoms with E-state index in [1.165, 1.54) is 10.4 Å². The van der Waals surface area contributed by atoms with Crippen LogP contribution in [-0.4, -0.2) is 89.6 Å². The van der Waals surface area contributed by atoms with Crippen molar-refractivity contribution in [3.05, 3.63) is 64.3 Å². The zero-order chi connectivity index (χ0) is 34.8. The van der Waals surface area contributed by atoms with Crippen LogP contribution in [-0.2, 0) is 26.9 Å². The Morgan fingerprint density at radius 1 is 1.12 bits per heavy atom. The number of halogens is 3. The summed E-state index contributed by atoms with van der Waals surface area (Å²) in [5, 5.41) is 6.45. The Kier molecular flexibility index (Phi) is 9.13. The van der Waals surface area contributed by atoms with E-state index in [0.29, 0.717) is 44.5 Å². The average Bonchev–Trinajstić information content (AvgIpc) is 3.82. The first-order chi connectivity index (χ1) is 23.2. The number of imidazole rings is 1. The maximum absolute atomic E-state index is 14.3. The zero-order valence-electron chi connectivity index (χ0n) is 29.0. The fraction of sp³-hybridized carbons (Fsp3) is 0.528. The molecular weight excluding hydrogens is 682 g/mol. The Balaban J connectivity index is 1.11. The monoisotopic (exact) mass is 726 g/mol. The van der Waals surface area contributed by atoms with Gasteiger partial charge in [0.2, 0.25) is 0 Å². The smallest absolute Gasteiger partial charge is 0.337 e. The van der Waals surface area contributed by atoms with Crippen LogP contribution >= 0.6 is 23.2 Å². The molecule has 0 radical (unpaired) electrons. The third-order valence-corrected chi connectivity index (χ3v) is 16.1. The van der Waals surface area contributed by atoms with Crippen molar-refractivity contribution in [1.82, 2.24) is 24.2 Å². The fourth-order valence-corrected chi connectivity index (χ4v) is 9.22. The summed E-state index contributed by atoms with van der Waals surface area (Å²) in [5.74, 6) is -0.528. The molecule has 3 aliphatic heterocycles. The van der Waals surface area contributed by atoms with E-state index in [-0.39, 0.29) is 24.6 Å². The molecule has 13 heteroatoms. The molecule has 0 aliphatic carbocycles. The fourth-order valence-electron chi connectivity index (χ4n) is 7.31. The number of esters is 1. The Bertz CT molecular complexity index is 1870. The van der Waals surface area contributed by atoms with Gasteiger partial charge in [-0.1, -0.05) is 56.1 Å². The molecule has 0 saturated carbocycles. The SMILES string of the molecule is CCOC(=O)C(c1ncn2c1CC(F)C2)n1cc2c(Cl)cc(-c3ccc(N4CCN5C[C@H](O[Si](C)(C)C(C)(C)C)C[C@H]5C4)cc3)c(Cl)c2n1. The number of rotatable bonds is 8. The van der Waals surface area contributed by atoms with Gasteiger partial charge in [-0.2, -0.15) is 5.10 Å². The molecule has 262 valence electrons. The quantitative estimate of drug-likeness (QED) is 0.137. The van der Waals surface area contributed by atoms with Crippen molar-refractivity contribution in [2.45, 2.75) is 89.6 Å². The van der Waals surface area contributed by atoms with Crippen LogP contribution in [0.5, 0.6) is 0 Å². The number of alkyl halides is 1. The van der Waals surface area contributed by atoms with Crippen LogP contribution in [0.3, 0.4) is 0 Å². The summed E-state index contributed by atoms with van der Waals surface area (Å²) in [7, 11) is -1.81. The van der Waals surface area contributed by atoms with Crippen molar-refractivity contribution in [2.24, 2.45) is 0 Å². The molecule has 2 unspecified atom stereocenters. The summed E-state index contributed by atoms with van der Waals surface area (Å²) in [4.78, 5) is 22.8. The number of anilines is 1. The number of aromatic nitrogens is 4. The number of ether oxygens (including phenoxy) is 1.